The van der Waals surface area contributed by atoms with Crippen LogP contribution in [-0.2, 0) is 9.29 Å². The minimum atomic E-state index is -4.81. The Morgan fingerprint density at radius 2 is 1.42 bits per heavy atom. The molecule has 0 fully saturated rings. The van der Waals surface area contributed by atoms with Crippen LogP contribution in [0.4, 0.5) is 17.7 Å². The molecule has 0 radical (unpaired) electrons. The van der Waals surface area contributed by atoms with Gasteiger partial charge in [-0.15, -0.1) is 0 Å². The maximum atomic E-state index is 11.9. The molecule has 0 aromatic rings. The molecule has 0 aromatic heterocycles. The van der Waals surface area contributed by atoms with Crippen LogP contribution in [0.25, 0.3) is 0 Å². The number of rotatable bonds is 6. The summed E-state index contributed by atoms with van der Waals surface area (Å²) in [7, 11) is -4.81. The highest BCUT2D eigenvalue weighted by Crippen LogP contribution is 2.35. The molecule has 0 atom stereocenters. The van der Waals surface area contributed by atoms with Gasteiger partial charge in [0.25, 0.3) is 0 Å². The Labute approximate surface area is 109 Å². The minimum Gasteiger partial charge on any atom is -0.303 e. The second-order valence-corrected chi connectivity index (χ2v) is 4.99. The van der Waals surface area contributed by atoms with E-state index in [9.17, 15) is 17.7 Å². The lowest BCUT2D eigenvalue weighted by Gasteiger charge is -2.32. The highest BCUT2D eigenvalue weighted by atomic mass is 31.2. The first-order valence-corrected chi connectivity index (χ1v) is 7.16. The molecular formula is C9H20F4NO4P. The molecule has 0 aliphatic rings. The van der Waals surface area contributed by atoms with Gasteiger partial charge in [0.15, 0.2) is 0 Å². The van der Waals surface area contributed by atoms with Crippen LogP contribution in [0.15, 0.2) is 0 Å². The van der Waals surface area contributed by atoms with Gasteiger partial charge < -0.3 is 15.1 Å². The zero-order chi connectivity index (χ0) is 15.7. The largest absolute Gasteiger partial charge is 0.500 e. The van der Waals surface area contributed by atoms with Crippen molar-refractivity contribution in [3.8, 4) is 0 Å². The van der Waals surface area contributed by atoms with Crippen LogP contribution in [0, 0.1) is 0 Å². The Morgan fingerprint density at radius 1 is 1.11 bits per heavy atom. The van der Waals surface area contributed by atoms with Crippen LogP contribution < -0.4 is 5.32 Å². The van der Waals surface area contributed by atoms with E-state index < -0.39 is 20.5 Å². The molecule has 0 spiro atoms. The van der Waals surface area contributed by atoms with E-state index in [0.717, 1.165) is 19.3 Å². The first-order valence-electron chi connectivity index (χ1n) is 5.63. The minimum absolute atomic E-state index is 0.338. The van der Waals surface area contributed by atoms with Gasteiger partial charge in [0.2, 0.25) is 0 Å². The molecule has 0 rings (SSSR count). The van der Waals surface area contributed by atoms with E-state index in [1.165, 1.54) is 0 Å². The second kappa shape index (κ2) is 8.86. The Bertz CT molecular complexity index is 270. The highest BCUT2D eigenvalue weighted by Gasteiger charge is 2.32. The fourth-order valence-corrected chi connectivity index (χ4v) is 1.41. The summed E-state index contributed by atoms with van der Waals surface area (Å²) in [5.41, 5.74) is -0.338. The van der Waals surface area contributed by atoms with Crippen molar-refractivity contribution < 1.29 is 36.8 Å². The lowest BCUT2D eigenvalue weighted by atomic mass is 9.90. The van der Waals surface area contributed by atoms with Crippen molar-refractivity contribution in [2.24, 2.45) is 0 Å². The molecule has 0 aliphatic carbocycles. The molecule has 5 nitrogen and oxygen atoms in total. The number of hydrogen-bond acceptors (Lipinski definition) is 3. The monoisotopic (exact) mass is 313 g/mol. The summed E-state index contributed by atoms with van der Waals surface area (Å²) in [4.78, 5) is 14.7. The number of alkyl halides is 3. The van der Waals surface area contributed by atoms with E-state index in [4.69, 9.17) is 14.4 Å². The van der Waals surface area contributed by atoms with Crippen LogP contribution in [0.2, 0.25) is 0 Å². The van der Waals surface area contributed by atoms with Crippen LogP contribution in [0.1, 0.15) is 40.0 Å². The predicted molar refractivity (Wildman–Crippen MR) is 61.9 cm³/mol. The molecule has 0 heterocycles. The molecule has 3 N–H and O–H groups in total. The average Bonchev–Trinajstić information content (AvgIpc) is 2.30. The Morgan fingerprint density at radius 3 is 1.58 bits per heavy atom. The number of hydrogen-bond donors (Lipinski definition) is 3. The summed E-state index contributed by atoms with van der Waals surface area (Å²) < 4.78 is 57.2. The van der Waals surface area contributed by atoms with E-state index in [2.05, 4.69) is 10.0 Å². The molecule has 0 unspecified atom stereocenters. The topological polar surface area (TPSA) is 78.8 Å². The van der Waals surface area contributed by atoms with E-state index >= 15 is 0 Å². The number of nitrogens with one attached hydrogen (secondary N) is 1. The zero-order valence-electron chi connectivity index (χ0n) is 11.0. The van der Waals surface area contributed by atoms with Crippen LogP contribution in [-0.4, -0.2) is 28.0 Å². The van der Waals surface area contributed by atoms with Crippen molar-refractivity contribution in [2.45, 2.75) is 51.7 Å². The van der Waals surface area contributed by atoms with E-state index in [0.29, 0.717) is 0 Å². The van der Waals surface area contributed by atoms with Gasteiger partial charge in [-0.05, 0) is 23.8 Å². The van der Waals surface area contributed by atoms with Gasteiger partial charge in [0.1, 0.15) is 0 Å². The fourth-order valence-electron chi connectivity index (χ4n) is 1.41. The standard InChI is InChI=1S/C9H18F3N.FH2O4P/c1-4-8(5-2,6-3)13-7-9(10,11)12;1-5-6(2,3)4/h13H,4-7H2,1-3H3;(H2,2,3,4). The van der Waals surface area contributed by atoms with Crippen molar-refractivity contribution in [1.29, 1.82) is 0 Å². The first-order chi connectivity index (χ1) is 8.45. The quantitative estimate of drug-likeness (QED) is 0.519. The van der Waals surface area contributed by atoms with Gasteiger partial charge >= 0.3 is 14.0 Å². The van der Waals surface area contributed by atoms with Crippen molar-refractivity contribution in [1.82, 2.24) is 5.32 Å². The van der Waals surface area contributed by atoms with Gasteiger partial charge in [-0.2, -0.15) is 13.2 Å². The lowest BCUT2D eigenvalue weighted by molar-refractivity contribution is -0.129. The summed E-state index contributed by atoms with van der Waals surface area (Å²) in [6.07, 6.45) is -1.91. The molecule has 0 aromatic carbocycles. The third kappa shape index (κ3) is 12.6. The number of phosphoric acid groups is 1. The molecule has 0 saturated heterocycles. The number of halogens is 4. The first kappa shape index (κ1) is 21.1. The molecule has 0 aliphatic heterocycles. The van der Waals surface area contributed by atoms with E-state index in [1.807, 2.05) is 20.8 Å². The summed E-state index contributed by atoms with van der Waals surface area (Å²) in [5, 5.41) is 2.60. The third-order valence-corrected chi connectivity index (χ3v) is 2.96. The van der Waals surface area contributed by atoms with Crippen molar-refractivity contribution in [2.75, 3.05) is 6.54 Å². The smallest absolute Gasteiger partial charge is 0.303 e. The Kier molecular flexibility index (Phi) is 9.84. The maximum Gasteiger partial charge on any atom is 0.500 e. The summed E-state index contributed by atoms with van der Waals surface area (Å²) in [6.45, 7) is 4.85. The molecule has 19 heavy (non-hydrogen) atoms. The van der Waals surface area contributed by atoms with Crippen LogP contribution >= 0.6 is 7.82 Å². The molecule has 118 valence electrons. The normalized spacial score (nSPS) is 12.9. The Balaban J connectivity index is 0. The molecule has 0 saturated carbocycles. The van der Waals surface area contributed by atoms with Gasteiger partial charge in [-0.3, -0.25) is 0 Å². The lowest BCUT2D eigenvalue weighted by Crippen LogP contribution is -2.47. The average molecular weight is 313 g/mol. The van der Waals surface area contributed by atoms with E-state index in [1.54, 1.807) is 0 Å². The van der Waals surface area contributed by atoms with E-state index in [-0.39, 0.29) is 5.54 Å². The zero-order valence-corrected chi connectivity index (χ0v) is 11.9. The third-order valence-electron chi connectivity index (χ3n) is 2.78. The molecule has 0 amide bonds. The second-order valence-electron chi connectivity index (χ2n) is 3.87. The van der Waals surface area contributed by atoms with Crippen molar-refractivity contribution in [3.05, 3.63) is 0 Å². The SMILES string of the molecule is CCC(CC)(CC)NCC(F)(F)F.O=P(O)(O)OF. The van der Waals surface area contributed by atoms with Crippen LogP contribution in [0.5, 0.6) is 0 Å². The van der Waals surface area contributed by atoms with Crippen molar-refractivity contribution >= 4 is 7.82 Å². The summed E-state index contributed by atoms with van der Waals surface area (Å²) in [6, 6.07) is 0. The predicted octanol–water partition coefficient (Wildman–Crippen LogP) is 3.09. The summed E-state index contributed by atoms with van der Waals surface area (Å²) in [5.74, 6) is 0. The maximum absolute atomic E-state index is 11.9. The van der Waals surface area contributed by atoms with Gasteiger partial charge in [0.05, 0.1) is 6.54 Å². The molecule has 0 bridgehead atoms. The van der Waals surface area contributed by atoms with Gasteiger partial charge in [-0.1, -0.05) is 25.5 Å². The highest BCUT2D eigenvalue weighted by molar-refractivity contribution is 7.46. The fraction of sp³-hybridized carbons (Fsp3) is 1.00. The molecule has 10 heteroatoms. The van der Waals surface area contributed by atoms with Crippen molar-refractivity contribution in [3.63, 3.8) is 0 Å². The molecular weight excluding hydrogens is 293 g/mol. The van der Waals surface area contributed by atoms with Gasteiger partial charge in [0, 0.05) is 5.54 Å². The summed E-state index contributed by atoms with van der Waals surface area (Å²) >= 11 is 0. The van der Waals surface area contributed by atoms with Crippen LogP contribution in [0.3, 0.4) is 0 Å². The van der Waals surface area contributed by atoms with Gasteiger partial charge in [-0.25, -0.2) is 4.57 Å². The Hall–Kier alpha value is -0.210.